The number of hydrogen-bond acceptors (Lipinski definition) is 3. The Bertz CT molecular complexity index is 535. The van der Waals surface area contributed by atoms with Crippen molar-refractivity contribution in [2.24, 2.45) is 0 Å². The van der Waals surface area contributed by atoms with Gasteiger partial charge in [0.1, 0.15) is 0 Å². The lowest BCUT2D eigenvalue weighted by Crippen LogP contribution is -2.23. The number of aryl methyl sites for hydroxylation is 1. The Morgan fingerprint density at radius 1 is 1.42 bits per heavy atom. The average molecular weight is 379 g/mol. The maximum atomic E-state index is 6.42. The normalized spacial score (nSPS) is 12.8. The topological polar surface area (TPSA) is 12.0 Å². The molecular formula is C14H17BrClNS2. The highest BCUT2D eigenvalue weighted by Gasteiger charge is 2.19. The van der Waals surface area contributed by atoms with Gasteiger partial charge in [-0.1, -0.05) is 18.5 Å². The first-order chi connectivity index (χ1) is 9.13. The van der Waals surface area contributed by atoms with Gasteiger partial charge in [0.05, 0.1) is 5.02 Å². The van der Waals surface area contributed by atoms with Crippen LogP contribution in [0.3, 0.4) is 0 Å². The summed E-state index contributed by atoms with van der Waals surface area (Å²) >= 11 is 13.6. The van der Waals surface area contributed by atoms with Crippen LogP contribution < -0.4 is 5.32 Å². The molecule has 5 heteroatoms. The third kappa shape index (κ3) is 3.82. The van der Waals surface area contributed by atoms with Crippen LogP contribution >= 0.6 is 50.2 Å². The third-order valence-electron chi connectivity index (χ3n) is 2.96. The van der Waals surface area contributed by atoms with Crippen molar-refractivity contribution in [2.75, 3.05) is 6.54 Å². The van der Waals surface area contributed by atoms with E-state index in [1.165, 1.54) is 19.8 Å². The van der Waals surface area contributed by atoms with E-state index in [1.54, 1.807) is 22.7 Å². The zero-order valence-corrected chi connectivity index (χ0v) is 15.0. The van der Waals surface area contributed by atoms with Crippen LogP contribution in [0.1, 0.15) is 34.7 Å². The first-order valence-electron chi connectivity index (χ1n) is 6.32. The summed E-state index contributed by atoms with van der Waals surface area (Å²) in [5, 5.41) is 8.80. The van der Waals surface area contributed by atoms with E-state index in [1.807, 2.05) is 0 Å². The molecule has 0 aliphatic rings. The fourth-order valence-electron chi connectivity index (χ4n) is 1.92. The Labute approximate surface area is 136 Å². The Kier molecular flexibility index (Phi) is 5.90. The average Bonchev–Trinajstić information content (AvgIpc) is 2.94. The molecule has 0 saturated heterocycles. The number of halogens is 2. The van der Waals surface area contributed by atoms with E-state index >= 15 is 0 Å². The first kappa shape index (κ1) is 15.5. The first-order valence-corrected chi connectivity index (χ1v) is 9.25. The van der Waals surface area contributed by atoms with Gasteiger partial charge in [-0.3, -0.25) is 0 Å². The van der Waals surface area contributed by atoms with Gasteiger partial charge in [-0.05, 0) is 58.2 Å². The second-order valence-electron chi connectivity index (χ2n) is 4.50. The second kappa shape index (κ2) is 7.23. The number of rotatable bonds is 6. The lowest BCUT2D eigenvalue weighted by molar-refractivity contribution is 0.539. The van der Waals surface area contributed by atoms with Crippen LogP contribution in [0.15, 0.2) is 21.3 Å². The Morgan fingerprint density at radius 2 is 2.21 bits per heavy atom. The summed E-state index contributed by atoms with van der Waals surface area (Å²) in [4.78, 5) is 2.63. The van der Waals surface area contributed by atoms with Crippen LogP contribution in [0.2, 0.25) is 5.02 Å². The SMILES string of the molecule is CCCNC(Cc1sccc1Br)c1scc(C)c1Cl. The molecule has 1 atom stereocenters. The van der Waals surface area contributed by atoms with Crippen molar-refractivity contribution in [3.05, 3.63) is 41.6 Å². The van der Waals surface area contributed by atoms with Crippen molar-refractivity contribution in [3.63, 3.8) is 0 Å². The van der Waals surface area contributed by atoms with Crippen LogP contribution in [0.4, 0.5) is 0 Å². The summed E-state index contributed by atoms with van der Waals surface area (Å²) in [6.07, 6.45) is 2.11. The minimum absolute atomic E-state index is 0.307. The maximum Gasteiger partial charge on any atom is 0.0590 e. The molecule has 0 spiro atoms. The summed E-state index contributed by atoms with van der Waals surface area (Å²) in [6, 6.07) is 2.42. The van der Waals surface area contributed by atoms with E-state index in [2.05, 4.69) is 51.9 Å². The molecule has 0 fully saturated rings. The van der Waals surface area contributed by atoms with Crippen molar-refractivity contribution in [3.8, 4) is 0 Å². The fourth-order valence-corrected chi connectivity index (χ4v) is 4.88. The number of thiophene rings is 2. The fraction of sp³-hybridized carbons (Fsp3) is 0.429. The van der Waals surface area contributed by atoms with Crippen molar-refractivity contribution in [2.45, 2.75) is 32.7 Å². The molecule has 2 rings (SSSR count). The molecule has 0 bridgehead atoms. The highest BCUT2D eigenvalue weighted by Crippen LogP contribution is 2.36. The van der Waals surface area contributed by atoms with Gasteiger partial charge >= 0.3 is 0 Å². The summed E-state index contributed by atoms with van der Waals surface area (Å²) < 4.78 is 1.20. The van der Waals surface area contributed by atoms with Crippen molar-refractivity contribution in [1.82, 2.24) is 5.32 Å². The van der Waals surface area contributed by atoms with Crippen molar-refractivity contribution < 1.29 is 0 Å². The monoisotopic (exact) mass is 377 g/mol. The molecule has 0 radical (unpaired) electrons. The molecule has 104 valence electrons. The smallest absolute Gasteiger partial charge is 0.0590 e. The number of hydrogen-bond donors (Lipinski definition) is 1. The van der Waals surface area contributed by atoms with E-state index in [0.717, 1.165) is 24.4 Å². The zero-order valence-electron chi connectivity index (χ0n) is 11.0. The minimum atomic E-state index is 0.307. The predicted octanol–water partition coefficient (Wildman–Crippen LogP) is 5.82. The molecule has 19 heavy (non-hydrogen) atoms. The van der Waals surface area contributed by atoms with Crippen molar-refractivity contribution in [1.29, 1.82) is 0 Å². The Hall–Kier alpha value is 0.130. The van der Waals surface area contributed by atoms with Crippen LogP contribution in [0, 0.1) is 6.92 Å². The largest absolute Gasteiger partial charge is 0.309 e. The van der Waals surface area contributed by atoms with Crippen LogP contribution in [0.25, 0.3) is 0 Å². The van der Waals surface area contributed by atoms with Crippen LogP contribution in [-0.4, -0.2) is 6.54 Å². The minimum Gasteiger partial charge on any atom is -0.309 e. The summed E-state index contributed by atoms with van der Waals surface area (Å²) in [7, 11) is 0. The molecule has 0 saturated carbocycles. The van der Waals surface area contributed by atoms with Gasteiger partial charge in [-0.25, -0.2) is 0 Å². The van der Waals surface area contributed by atoms with E-state index in [4.69, 9.17) is 11.6 Å². The molecule has 1 N–H and O–H groups in total. The Balaban J connectivity index is 2.21. The van der Waals surface area contributed by atoms with E-state index in [9.17, 15) is 0 Å². The molecule has 2 aromatic heterocycles. The molecule has 0 aliphatic heterocycles. The molecule has 2 aromatic rings. The molecule has 0 amide bonds. The summed E-state index contributed by atoms with van der Waals surface area (Å²) in [5.41, 5.74) is 1.18. The van der Waals surface area contributed by atoms with Gasteiger partial charge in [0, 0.05) is 26.7 Å². The summed E-state index contributed by atoms with van der Waals surface area (Å²) in [5.74, 6) is 0. The highest BCUT2D eigenvalue weighted by atomic mass is 79.9. The van der Waals surface area contributed by atoms with Gasteiger partial charge in [-0.2, -0.15) is 0 Å². The van der Waals surface area contributed by atoms with Crippen molar-refractivity contribution >= 4 is 50.2 Å². The van der Waals surface area contributed by atoms with Gasteiger partial charge in [0.15, 0.2) is 0 Å². The standard InChI is InChI=1S/C14H17BrClNS2/c1-3-5-17-11(7-12-10(15)4-6-18-12)14-13(16)9(2)8-19-14/h4,6,8,11,17H,3,5,7H2,1-2H3. The van der Waals surface area contributed by atoms with E-state index < -0.39 is 0 Å². The van der Waals surface area contributed by atoms with Crippen LogP contribution in [-0.2, 0) is 6.42 Å². The molecule has 1 nitrogen and oxygen atoms in total. The third-order valence-corrected chi connectivity index (χ3v) is 6.74. The van der Waals surface area contributed by atoms with Crippen LogP contribution in [0.5, 0.6) is 0 Å². The lowest BCUT2D eigenvalue weighted by Gasteiger charge is -2.17. The van der Waals surface area contributed by atoms with Gasteiger partial charge < -0.3 is 5.32 Å². The van der Waals surface area contributed by atoms with Gasteiger partial charge in [-0.15, -0.1) is 22.7 Å². The predicted molar refractivity (Wildman–Crippen MR) is 90.8 cm³/mol. The molecule has 1 unspecified atom stereocenters. The van der Waals surface area contributed by atoms with Gasteiger partial charge in [0.2, 0.25) is 0 Å². The Morgan fingerprint density at radius 3 is 2.74 bits per heavy atom. The number of nitrogens with one attached hydrogen (secondary N) is 1. The second-order valence-corrected chi connectivity index (χ2v) is 7.64. The quantitative estimate of drug-likeness (QED) is 0.668. The molecule has 2 heterocycles. The summed E-state index contributed by atoms with van der Waals surface area (Å²) in [6.45, 7) is 5.27. The maximum absolute atomic E-state index is 6.42. The van der Waals surface area contributed by atoms with Gasteiger partial charge in [0.25, 0.3) is 0 Å². The zero-order chi connectivity index (χ0) is 13.8. The van der Waals surface area contributed by atoms with E-state index in [-0.39, 0.29) is 0 Å². The highest BCUT2D eigenvalue weighted by molar-refractivity contribution is 9.10. The molecule has 0 aromatic carbocycles. The molecule has 0 aliphatic carbocycles. The molecular weight excluding hydrogens is 362 g/mol. The van der Waals surface area contributed by atoms with E-state index in [0.29, 0.717) is 6.04 Å². The lowest BCUT2D eigenvalue weighted by atomic mass is 10.1.